The number of hydrogen-bond acceptors (Lipinski definition) is 2. The highest BCUT2D eigenvalue weighted by Crippen LogP contribution is 2.47. The first-order valence-corrected chi connectivity index (χ1v) is 14.6. The van der Waals surface area contributed by atoms with Crippen molar-refractivity contribution in [1.82, 2.24) is 14.7 Å². The van der Waals surface area contributed by atoms with Crippen LogP contribution < -0.4 is 0 Å². The summed E-state index contributed by atoms with van der Waals surface area (Å²) < 4.78 is 57.1. The van der Waals surface area contributed by atoms with Crippen LogP contribution in [0.25, 0.3) is 23.0 Å². The van der Waals surface area contributed by atoms with Crippen LogP contribution in [0.3, 0.4) is 0 Å². The molecule has 2 heterocycles. The van der Waals surface area contributed by atoms with Crippen molar-refractivity contribution in [2.45, 2.75) is 78.7 Å². The summed E-state index contributed by atoms with van der Waals surface area (Å²) in [5.41, 5.74) is 9.33. The van der Waals surface area contributed by atoms with Crippen LogP contribution in [0.4, 0.5) is 17.6 Å². The molecule has 0 radical (unpaired) electrons. The highest BCUT2D eigenvalue weighted by atomic mass is 19.4. The summed E-state index contributed by atoms with van der Waals surface area (Å²) in [4.78, 5) is 2.26. The maximum Gasteiger partial charge on any atom is 0.416 e. The van der Waals surface area contributed by atoms with Gasteiger partial charge in [0.05, 0.1) is 28.2 Å². The Morgan fingerprint density at radius 3 is 2.31 bits per heavy atom. The second-order valence-corrected chi connectivity index (χ2v) is 11.9. The van der Waals surface area contributed by atoms with Crippen LogP contribution in [0.2, 0.25) is 0 Å². The van der Waals surface area contributed by atoms with E-state index in [1.807, 2.05) is 4.68 Å². The molecule has 42 heavy (non-hydrogen) atoms. The van der Waals surface area contributed by atoms with Crippen LogP contribution in [0.1, 0.15) is 77.9 Å². The normalized spacial score (nSPS) is 15.8. The van der Waals surface area contributed by atoms with Crippen molar-refractivity contribution < 1.29 is 17.6 Å². The molecule has 4 aromatic rings. The third-order valence-electron chi connectivity index (χ3n) is 9.02. The first-order valence-electron chi connectivity index (χ1n) is 14.6. The molecule has 1 aliphatic heterocycles. The summed E-state index contributed by atoms with van der Waals surface area (Å²) in [5, 5.41) is 5.30. The number of nitrogens with zero attached hydrogens (tertiary/aromatic N) is 3. The van der Waals surface area contributed by atoms with Gasteiger partial charge in [-0.2, -0.15) is 18.3 Å². The van der Waals surface area contributed by atoms with E-state index in [1.54, 1.807) is 25.1 Å². The van der Waals surface area contributed by atoms with E-state index in [4.69, 9.17) is 5.10 Å². The molecule has 2 aliphatic rings. The summed E-state index contributed by atoms with van der Waals surface area (Å²) in [6.45, 7) is 11.2. The molecule has 0 atom stereocenters. The van der Waals surface area contributed by atoms with Gasteiger partial charge in [0.15, 0.2) is 0 Å². The number of aromatic nitrogens is 2. The van der Waals surface area contributed by atoms with Crippen molar-refractivity contribution >= 4 is 6.08 Å². The summed E-state index contributed by atoms with van der Waals surface area (Å²) in [6, 6.07) is 13.5. The van der Waals surface area contributed by atoms with Gasteiger partial charge in [0, 0.05) is 24.2 Å². The predicted molar refractivity (Wildman–Crippen MR) is 159 cm³/mol. The fourth-order valence-corrected chi connectivity index (χ4v) is 6.60. The Labute approximate surface area is 244 Å². The number of aryl methyl sites for hydroxylation is 3. The Balaban J connectivity index is 1.53. The van der Waals surface area contributed by atoms with E-state index in [1.165, 1.54) is 17.2 Å². The van der Waals surface area contributed by atoms with E-state index in [-0.39, 0.29) is 5.82 Å². The maximum atomic E-state index is 15.1. The number of hydrogen-bond donors (Lipinski definition) is 0. The van der Waals surface area contributed by atoms with Crippen LogP contribution in [0.5, 0.6) is 0 Å². The Morgan fingerprint density at radius 2 is 1.67 bits per heavy atom. The molecule has 0 saturated heterocycles. The zero-order chi connectivity index (χ0) is 30.0. The second-order valence-electron chi connectivity index (χ2n) is 11.9. The predicted octanol–water partition coefficient (Wildman–Crippen LogP) is 8.95. The van der Waals surface area contributed by atoms with E-state index in [0.717, 1.165) is 63.8 Å². The summed E-state index contributed by atoms with van der Waals surface area (Å²) in [5.74, 6) is -0.275. The van der Waals surface area contributed by atoms with Crippen LogP contribution in [0.15, 0.2) is 54.6 Å². The molecule has 1 aliphatic carbocycles. The molecule has 0 spiro atoms. The van der Waals surface area contributed by atoms with Crippen molar-refractivity contribution in [3.05, 3.63) is 111 Å². The number of halogens is 4. The number of benzene rings is 3. The molecule has 0 unspecified atom stereocenters. The van der Waals surface area contributed by atoms with Crippen LogP contribution in [0, 0.1) is 12.7 Å². The lowest BCUT2D eigenvalue weighted by atomic mass is 9.95. The maximum absolute atomic E-state index is 15.1. The van der Waals surface area contributed by atoms with Crippen LogP contribution in [-0.4, -0.2) is 14.7 Å². The van der Waals surface area contributed by atoms with Gasteiger partial charge in [0.25, 0.3) is 0 Å². The second kappa shape index (κ2) is 10.2. The molecule has 0 saturated carbocycles. The van der Waals surface area contributed by atoms with Gasteiger partial charge < -0.3 is 0 Å². The first-order chi connectivity index (χ1) is 19.9. The van der Waals surface area contributed by atoms with Gasteiger partial charge in [0.2, 0.25) is 0 Å². The molecule has 0 N–H and O–H groups in total. The minimum atomic E-state index is -4.38. The van der Waals surface area contributed by atoms with Crippen molar-refractivity contribution in [2.75, 3.05) is 0 Å². The fraction of sp³-hybridized carbons (Fsp3) is 0.343. The van der Waals surface area contributed by atoms with Crippen molar-refractivity contribution in [3.63, 3.8) is 0 Å². The average molecular weight is 574 g/mol. The van der Waals surface area contributed by atoms with E-state index in [9.17, 15) is 13.2 Å². The third kappa shape index (κ3) is 4.58. The monoisotopic (exact) mass is 573 g/mol. The zero-order valence-electron chi connectivity index (χ0n) is 24.7. The summed E-state index contributed by atoms with van der Waals surface area (Å²) in [6.07, 6.45) is 2.11. The van der Waals surface area contributed by atoms with E-state index in [2.05, 4.69) is 62.9 Å². The van der Waals surface area contributed by atoms with Gasteiger partial charge in [-0.3, -0.25) is 4.90 Å². The van der Waals surface area contributed by atoms with E-state index < -0.39 is 17.3 Å². The number of para-hydroxylation sites is 1. The standard InChI is InChI=1S/C35H35F4N3/c1-6-22-10-8-11-23(7-2)31(22)42-32(29-18-27(36)17-24-12-9-13-28(24)29)30-20-41(34(4,5)33(30)40-42)19-25-14-15-26(16-21(25)3)35(37,38)39/h8-11,13-18H,6-7,12,19-20H2,1-5H3. The van der Waals surface area contributed by atoms with Crippen LogP contribution in [-0.2, 0) is 44.1 Å². The highest BCUT2D eigenvalue weighted by molar-refractivity contribution is 5.81. The number of rotatable bonds is 6. The molecule has 1 aromatic heterocycles. The van der Waals surface area contributed by atoms with Crippen molar-refractivity contribution in [3.8, 4) is 16.9 Å². The smallest absolute Gasteiger partial charge is 0.284 e. The van der Waals surface area contributed by atoms with Crippen LogP contribution >= 0.6 is 0 Å². The van der Waals surface area contributed by atoms with Gasteiger partial charge in [-0.05, 0) is 97.7 Å². The molecule has 3 aromatic carbocycles. The average Bonchev–Trinajstić information content (AvgIpc) is 3.62. The zero-order valence-corrected chi connectivity index (χ0v) is 24.7. The van der Waals surface area contributed by atoms with E-state index >= 15 is 4.39 Å². The quantitative estimate of drug-likeness (QED) is 0.215. The Kier molecular flexibility index (Phi) is 6.92. The lowest BCUT2D eigenvalue weighted by Crippen LogP contribution is -2.36. The summed E-state index contributed by atoms with van der Waals surface area (Å²) >= 11 is 0. The SMILES string of the molecule is CCc1cccc(CC)c1-n1nc2c(c1-c1cc(F)cc3c1C=CC3)CN(Cc1ccc(C(F)(F)F)cc1C)C2(C)C. The molecule has 0 amide bonds. The molecule has 7 heteroatoms. The third-order valence-corrected chi connectivity index (χ3v) is 9.02. The Bertz CT molecular complexity index is 1700. The van der Waals surface area contributed by atoms with E-state index in [0.29, 0.717) is 25.1 Å². The minimum absolute atomic E-state index is 0.275. The van der Waals surface area contributed by atoms with Gasteiger partial charge in [-0.25, -0.2) is 9.07 Å². The van der Waals surface area contributed by atoms with Gasteiger partial charge in [0.1, 0.15) is 5.82 Å². The van der Waals surface area contributed by atoms with Crippen molar-refractivity contribution in [1.29, 1.82) is 0 Å². The fourth-order valence-electron chi connectivity index (χ4n) is 6.60. The molecular formula is C35H35F4N3. The Hall–Kier alpha value is -3.71. The lowest BCUT2D eigenvalue weighted by molar-refractivity contribution is -0.137. The highest BCUT2D eigenvalue weighted by Gasteiger charge is 2.44. The van der Waals surface area contributed by atoms with Gasteiger partial charge in [-0.1, -0.05) is 50.3 Å². The lowest BCUT2D eigenvalue weighted by Gasteiger charge is -2.32. The molecule has 0 bridgehead atoms. The molecule has 3 nitrogen and oxygen atoms in total. The molecule has 0 fully saturated rings. The number of allylic oxidation sites excluding steroid dienone is 1. The van der Waals surface area contributed by atoms with Crippen molar-refractivity contribution in [2.24, 2.45) is 0 Å². The molecule has 218 valence electrons. The van der Waals surface area contributed by atoms with Gasteiger partial charge in [-0.15, -0.1) is 0 Å². The molecule has 6 rings (SSSR count). The Morgan fingerprint density at radius 1 is 0.952 bits per heavy atom. The topological polar surface area (TPSA) is 21.1 Å². The largest absolute Gasteiger partial charge is 0.416 e. The number of alkyl halides is 3. The first kappa shape index (κ1) is 28.4. The summed E-state index contributed by atoms with van der Waals surface area (Å²) in [7, 11) is 0. The molecular weight excluding hydrogens is 538 g/mol. The number of fused-ring (bicyclic) bond motifs is 2. The minimum Gasteiger partial charge on any atom is -0.284 e. The van der Waals surface area contributed by atoms with Gasteiger partial charge >= 0.3 is 6.18 Å².